The Labute approximate surface area is 151 Å². The molecule has 1 unspecified atom stereocenters. The van der Waals surface area contributed by atoms with Gasteiger partial charge in [-0.05, 0) is 12.5 Å². The molecule has 0 fully saturated rings. The molecular weight excluding hydrogens is 422 g/mol. The second-order valence-electron chi connectivity index (χ2n) is 4.80. The molecule has 0 aliphatic heterocycles. The van der Waals surface area contributed by atoms with Gasteiger partial charge in [-0.3, -0.25) is 4.99 Å². The zero-order chi connectivity index (χ0) is 16.4. The monoisotopic (exact) mass is 445 g/mol. The van der Waals surface area contributed by atoms with E-state index in [9.17, 15) is 18.3 Å². The van der Waals surface area contributed by atoms with Crippen molar-refractivity contribution in [1.29, 1.82) is 0 Å². The van der Waals surface area contributed by atoms with Crippen molar-refractivity contribution in [2.24, 2.45) is 4.99 Å². The van der Waals surface area contributed by atoms with E-state index in [1.807, 2.05) is 37.3 Å². The lowest BCUT2D eigenvalue weighted by atomic mass is 10.0. The molecule has 4 nitrogen and oxygen atoms in total. The Hall–Kier alpha value is -1.03. The zero-order valence-corrected chi connectivity index (χ0v) is 15.3. The van der Waals surface area contributed by atoms with Crippen molar-refractivity contribution in [1.82, 2.24) is 10.6 Å². The van der Waals surface area contributed by atoms with Gasteiger partial charge < -0.3 is 15.7 Å². The number of guanidine groups is 1. The van der Waals surface area contributed by atoms with Gasteiger partial charge in [-0.2, -0.15) is 13.2 Å². The first kappa shape index (κ1) is 22.0. The fourth-order valence-corrected chi connectivity index (χ4v) is 1.86. The summed E-state index contributed by atoms with van der Waals surface area (Å²) < 4.78 is 36.4. The van der Waals surface area contributed by atoms with Crippen molar-refractivity contribution in [3.8, 4) is 0 Å². The Morgan fingerprint density at radius 3 is 2.39 bits per heavy atom. The third kappa shape index (κ3) is 9.65. The van der Waals surface area contributed by atoms with Crippen LogP contribution in [0.4, 0.5) is 13.2 Å². The maximum Gasteiger partial charge on any atom is 0.390 e. The minimum Gasteiger partial charge on any atom is -0.396 e. The third-order valence-corrected chi connectivity index (χ3v) is 3.01. The number of halogens is 4. The van der Waals surface area contributed by atoms with Crippen LogP contribution in [0.3, 0.4) is 0 Å². The van der Waals surface area contributed by atoms with E-state index in [1.165, 1.54) is 0 Å². The highest BCUT2D eigenvalue weighted by Crippen LogP contribution is 2.18. The molecule has 0 bridgehead atoms. The molecule has 3 N–H and O–H groups in total. The lowest BCUT2D eigenvalue weighted by Gasteiger charge is -2.15. The van der Waals surface area contributed by atoms with Crippen molar-refractivity contribution in [2.45, 2.75) is 25.4 Å². The van der Waals surface area contributed by atoms with Crippen LogP contribution in [0.15, 0.2) is 35.3 Å². The lowest BCUT2D eigenvalue weighted by Crippen LogP contribution is -2.39. The minimum atomic E-state index is -4.19. The third-order valence-electron chi connectivity index (χ3n) is 3.01. The van der Waals surface area contributed by atoms with Crippen LogP contribution in [0, 0.1) is 0 Å². The van der Waals surface area contributed by atoms with E-state index in [0.717, 1.165) is 5.56 Å². The molecular formula is C15H23F3IN3O. The van der Waals surface area contributed by atoms with Crippen LogP contribution in [-0.2, 0) is 0 Å². The van der Waals surface area contributed by atoms with Gasteiger partial charge in [0.25, 0.3) is 0 Å². The van der Waals surface area contributed by atoms with Gasteiger partial charge in [0.1, 0.15) is 0 Å². The normalized spacial score (nSPS) is 13.2. The van der Waals surface area contributed by atoms with Gasteiger partial charge in [-0.25, -0.2) is 0 Å². The van der Waals surface area contributed by atoms with E-state index in [2.05, 4.69) is 15.6 Å². The average molecular weight is 445 g/mol. The van der Waals surface area contributed by atoms with Crippen molar-refractivity contribution in [3.05, 3.63) is 35.9 Å². The fraction of sp³-hybridized carbons (Fsp3) is 0.533. The molecule has 8 heteroatoms. The number of rotatable bonds is 7. The molecule has 1 aromatic carbocycles. The number of aliphatic hydroxyl groups excluding tert-OH is 1. The molecule has 1 atom stereocenters. The standard InChI is InChI=1S/C15H22F3N3O.HI/c1-2-19-14(20-9-8-15(16,17)18)21-10-13(11-22)12-6-4-3-5-7-12;/h3-7,13,22H,2,8-11H2,1H3,(H2,19,20,21);1H. The average Bonchev–Trinajstić information content (AvgIpc) is 2.47. The Morgan fingerprint density at radius 1 is 1.22 bits per heavy atom. The van der Waals surface area contributed by atoms with E-state index in [4.69, 9.17) is 0 Å². The quantitative estimate of drug-likeness (QED) is 0.344. The van der Waals surface area contributed by atoms with Gasteiger partial charge >= 0.3 is 6.18 Å². The number of hydrogen-bond acceptors (Lipinski definition) is 2. The van der Waals surface area contributed by atoms with E-state index in [0.29, 0.717) is 19.0 Å². The first-order valence-corrected chi connectivity index (χ1v) is 7.21. The van der Waals surface area contributed by atoms with Crippen LogP contribution in [0.5, 0.6) is 0 Å². The molecule has 0 aliphatic rings. The maximum atomic E-state index is 12.1. The highest BCUT2D eigenvalue weighted by Gasteiger charge is 2.26. The second-order valence-corrected chi connectivity index (χ2v) is 4.80. The van der Waals surface area contributed by atoms with Crippen molar-refractivity contribution in [2.75, 3.05) is 26.2 Å². The van der Waals surface area contributed by atoms with Crippen molar-refractivity contribution < 1.29 is 18.3 Å². The topological polar surface area (TPSA) is 56.7 Å². The minimum absolute atomic E-state index is 0. The van der Waals surface area contributed by atoms with Crippen molar-refractivity contribution >= 4 is 29.9 Å². The summed E-state index contributed by atoms with van der Waals surface area (Å²) in [5.74, 6) is 0.139. The summed E-state index contributed by atoms with van der Waals surface area (Å²) in [6.45, 7) is 2.37. The van der Waals surface area contributed by atoms with Gasteiger partial charge in [0.05, 0.1) is 19.6 Å². The fourth-order valence-electron chi connectivity index (χ4n) is 1.86. The van der Waals surface area contributed by atoms with Crippen LogP contribution in [-0.4, -0.2) is 43.5 Å². The Bertz CT molecular complexity index is 455. The summed E-state index contributed by atoms with van der Waals surface area (Å²) >= 11 is 0. The van der Waals surface area contributed by atoms with E-state index < -0.39 is 12.6 Å². The van der Waals surface area contributed by atoms with Gasteiger partial charge in [-0.1, -0.05) is 30.3 Å². The number of hydrogen-bond donors (Lipinski definition) is 3. The smallest absolute Gasteiger partial charge is 0.390 e. The van der Waals surface area contributed by atoms with Gasteiger partial charge in [0.15, 0.2) is 5.96 Å². The van der Waals surface area contributed by atoms with Crippen LogP contribution in [0.1, 0.15) is 24.8 Å². The number of benzene rings is 1. The number of aliphatic hydroxyl groups is 1. The van der Waals surface area contributed by atoms with E-state index in [1.54, 1.807) is 0 Å². The Balaban J connectivity index is 0.00000484. The number of alkyl halides is 3. The second kappa shape index (κ2) is 11.5. The Kier molecular flexibility index (Phi) is 11.0. The SMILES string of the molecule is CCNC(=NCC(CO)c1ccccc1)NCCC(F)(F)F.I. The molecule has 0 heterocycles. The molecule has 0 spiro atoms. The van der Waals surface area contributed by atoms with E-state index >= 15 is 0 Å². The maximum absolute atomic E-state index is 12.1. The molecule has 0 saturated heterocycles. The molecule has 1 rings (SSSR count). The molecule has 0 saturated carbocycles. The van der Waals surface area contributed by atoms with Crippen LogP contribution in [0.2, 0.25) is 0 Å². The van der Waals surface area contributed by atoms with Gasteiger partial charge in [0, 0.05) is 19.0 Å². The number of nitrogens with zero attached hydrogens (tertiary/aromatic N) is 1. The largest absolute Gasteiger partial charge is 0.396 e. The highest BCUT2D eigenvalue weighted by atomic mass is 127. The molecule has 1 aromatic rings. The zero-order valence-electron chi connectivity index (χ0n) is 12.9. The van der Waals surface area contributed by atoms with Crippen LogP contribution in [0.25, 0.3) is 0 Å². The summed E-state index contributed by atoms with van der Waals surface area (Å²) in [6, 6.07) is 9.40. The summed E-state index contributed by atoms with van der Waals surface area (Å²) in [5, 5.41) is 15.0. The number of nitrogens with one attached hydrogen (secondary N) is 2. The highest BCUT2D eigenvalue weighted by molar-refractivity contribution is 14.0. The molecule has 23 heavy (non-hydrogen) atoms. The van der Waals surface area contributed by atoms with Gasteiger partial charge in [-0.15, -0.1) is 24.0 Å². The molecule has 0 aliphatic carbocycles. The molecule has 0 amide bonds. The predicted molar refractivity (Wildman–Crippen MR) is 96.3 cm³/mol. The van der Waals surface area contributed by atoms with Crippen LogP contribution < -0.4 is 10.6 Å². The van der Waals surface area contributed by atoms with Gasteiger partial charge in [0.2, 0.25) is 0 Å². The summed E-state index contributed by atoms with van der Waals surface area (Å²) in [4.78, 5) is 4.25. The number of aliphatic imine (C=N–C) groups is 1. The lowest BCUT2D eigenvalue weighted by molar-refractivity contribution is -0.132. The first-order valence-electron chi connectivity index (χ1n) is 7.21. The first-order chi connectivity index (χ1) is 10.5. The molecule has 0 aromatic heterocycles. The van der Waals surface area contributed by atoms with Crippen molar-refractivity contribution in [3.63, 3.8) is 0 Å². The summed E-state index contributed by atoms with van der Waals surface area (Å²) in [7, 11) is 0. The summed E-state index contributed by atoms with van der Waals surface area (Å²) in [5.41, 5.74) is 0.944. The Morgan fingerprint density at radius 2 is 1.87 bits per heavy atom. The van der Waals surface area contributed by atoms with E-state index in [-0.39, 0.29) is 43.0 Å². The predicted octanol–water partition coefficient (Wildman–Crippen LogP) is 2.89. The van der Waals surface area contributed by atoms with Crippen LogP contribution >= 0.6 is 24.0 Å². The summed E-state index contributed by atoms with van der Waals surface area (Å²) in [6.07, 6.45) is -5.11. The molecule has 132 valence electrons. The molecule has 0 radical (unpaired) electrons.